The van der Waals surface area contributed by atoms with Crippen molar-refractivity contribution in [3.8, 4) is 0 Å². The van der Waals surface area contributed by atoms with Crippen molar-refractivity contribution < 1.29 is 29.5 Å². The number of non-ortho nitro benzene ring substituents is 1. The van der Waals surface area contributed by atoms with Crippen LogP contribution in [-0.4, -0.2) is 33.7 Å². The van der Waals surface area contributed by atoms with Crippen LogP contribution in [0.1, 0.15) is 32.4 Å². The minimum Gasteiger partial charge on any atom is -0.548 e. The lowest BCUT2D eigenvalue weighted by Gasteiger charge is -2.27. The third-order valence-corrected chi connectivity index (χ3v) is 2.69. The average Bonchev–Trinajstić information content (AvgIpc) is 2.42. The van der Waals surface area contributed by atoms with Crippen molar-refractivity contribution in [1.29, 1.82) is 0 Å². The number of hydrogen-bond acceptors (Lipinski definition) is 7. The molecule has 9 heteroatoms. The average molecular weight is 325 g/mol. The van der Waals surface area contributed by atoms with E-state index in [9.17, 15) is 29.9 Å². The number of alkyl carbamates (subject to hydrolysis) is 1. The number of nitrogens with zero attached hydrogens (tertiary/aromatic N) is 1. The number of carboxylic acid groups (broad SMARTS) is 1. The van der Waals surface area contributed by atoms with Crippen LogP contribution in [0.15, 0.2) is 24.3 Å². The molecule has 0 fully saturated rings. The third-order valence-electron chi connectivity index (χ3n) is 2.69. The highest BCUT2D eigenvalue weighted by molar-refractivity contribution is 5.79. The Hall–Kier alpha value is -2.68. The first kappa shape index (κ1) is 18.4. The van der Waals surface area contributed by atoms with E-state index >= 15 is 0 Å². The molecule has 9 nitrogen and oxygen atoms in total. The molecule has 0 aliphatic heterocycles. The van der Waals surface area contributed by atoms with E-state index in [0.717, 1.165) is 12.1 Å². The molecule has 0 bridgehead atoms. The molecule has 1 aromatic carbocycles. The van der Waals surface area contributed by atoms with Gasteiger partial charge in [-0.1, -0.05) is 0 Å². The Morgan fingerprint density at radius 1 is 1.26 bits per heavy atom. The van der Waals surface area contributed by atoms with Gasteiger partial charge in [0.1, 0.15) is 17.7 Å². The number of ether oxygens (including phenoxy) is 1. The van der Waals surface area contributed by atoms with Crippen LogP contribution in [0.25, 0.3) is 0 Å². The molecule has 0 spiro atoms. The van der Waals surface area contributed by atoms with E-state index in [0.29, 0.717) is 0 Å². The van der Waals surface area contributed by atoms with Gasteiger partial charge in [0.05, 0.1) is 10.9 Å². The van der Waals surface area contributed by atoms with Gasteiger partial charge < -0.3 is 25.1 Å². The summed E-state index contributed by atoms with van der Waals surface area (Å²) in [5, 5.41) is 33.8. The minimum absolute atomic E-state index is 0.0702. The number of aliphatic hydroxyl groups is 1. The number of nitrogens with one attached hydrogen (secondary N) is 1. The zero-order valence-electron chi connectivity index (χ0n) is 12.8. The lowest BCUT2D eigenvalue weighted by Crippen LogP contribution is -2.52. The molecule has 0 radical (unpaired) electrons. The summed E-state index contributed by atoms with van der Waals surface area (Å²) in [6.45, 7) is 4.77. The smallest absolute Gasteiger partial charge is 0.408 e. The lowest BCUT2D eigenvalue weighted by molar-refractivity contribution is -0.384. The normalized spacial score (nSPS) is 13.7. The lowest BCUT2D eigenvalue weighted by atomic mass is 10.0. The van der Waals surface area contributed by atoms with E-state index in [1.807, 2.05) is 5.32 Å². The summed E-state index contributed by atoms with van der Waals surface area (Å²) in [6.07, 6.45) is -2.69. The Morgan fingerprint density at radius 3 is 2.17 bits per heavy atom. The Labute approximate surface area is 132 Å². The zero-order chi connectivity index (χ0) is 17.8. The fraction of sp³-hybridized carbons (Fsp3) is 0.429. The van der Waals surface area contributed by atoms with Crippen LogP contribution in [-0.2, 0) is 9.53 Å². The maximum absolute atomic E-state index is 11.6. The maximum Gasteiger partial charge on any atom is 0.408 e. The van der Waals surface area contributed by atoms with Gasteiger partial charge in [0.25, 0.3) is 5.69 Å². The third kappa shape index (κ3) is 5.55. The van der Waals surface area contributed by atoms with Gasteiger partial charge in [-0.15, -0.1) is 0 Å². The number of amides is 1. The van der Waals surface area contributed by atoms with Crippen molar-refractivity contribution in [3.05, 3.63) is 39.9 Å². The molecule has 1 rings (SSSR count). The predicted octanol–water partition coefficient (Wildman–Crippen LogP) is 0.271. The van der Waals surface area contributed by atoms with Crippen LogP contribution in [0.4, 0.5) is 10.5 Å². The van der Waals surface area contributed by atoms with Crippen LogP contribution in [0, 0.1) is 10.1 Å². The van der Waals surface area contributed by atoms with Crippen molar-refractivity contribution >= 4 is 17.7 Å². The maximum atomic E-state index is 11.6. The summed E-state index contributed by atoms with van der Waals surface area (Å²) in [7, 11) is 0. The second-order valence-electron chi connectivity index (χ2n) is 5.74. The molecule has 0 aliphatic rings. The molecule has 0 aromatic heterocycles. The predicted molar refractivity (Wildman–Crippen MR) is 76.2 cm³/mol. The number of rotatable bonds is 5. The summed E-state index contributed by atoms with van der Waals surface area (Å²) in [5.41, 5.74) is -0.995. The van der Waals surface area contributed by atoms with Crippen LogP contribution in [0.5, 0.6) is 0 Å². The number of nitro benzene ring substituents is 1. The molecule has 23 heavy (non-hydrogen) atoms. The number of carbonyl (C=O) groups excluding carboxylic acids is 2. The quantitative estimate of drug-likeness (QED) is 0.584. The molecule has 0 saturated heterocycles. The molecule has 1 aromatic rings. The number of carbonyl (C=O) groups is 2. The van der Waals surface area contributed by atoms with Gasteiger partial charge in [0.2, 0.25) is 0 Å². The summed E-state index contributed by atoms with van der Waals surface area (Å²) in [4.78, 5) is 32.7. The van der Waals surface area contributed by atoms with E-state index in [2.05, 4.69) is 0 Å². The monoisotopic (exact) mass is 325 g/mol. The van der Waals surface area contributed by atoms with Gasteiger partial charge in [-0.05, 0) is 38.5 Å². The van der Waals surface area contributed by atoms with E-state index in [1.54, 1.807) is 20.8 Å². The van der Waals surface area contributed by atoms with Gasteiger partial charge in [-0.2, -0.15) is 0 Å². The first-order valence-electron chi connectivity index (χ1n) is 6.64. The molecule has 126 valence electrons. The standard InChI is InChI=1S/C14H18N2O7/c1-14(2,3)23-13(20)15-10(12(18)19)11(17)8-4-6-9(7-5-8)16(21)22/h4-7,10-11,17H,1-3H3,(H,15,20)(H,18,19)/p-1/t10-,11-/m0/s1. The molecule has 0 heterocycles. The summed E-state index contributed by atoms with van der Waals surface area (Å²) in [5.74, 6) is -1.72. The van der Waals surface area contributed by atoms with Crippen LogP contribution < -0.4 is 10.4 Å². The largest absolute Gasteiger partial charge is 0.548 e. The van der Waals surface area contributed by atoms with Gasteiger partial charge in [0, 0.05) is 12.1 Å². The van der Waals surface area contributed by atoms with Gasteiger partial charge >= 0.3 is 6.09 Å². The number of benzene rings is 1. The highest BCUT2D eigenvalue weighted by Gasteiger charge is 2.27. The Morgan fingerprint density at radius 2 is 1.78 bits per heavy atom. The van der Waals surface area contributed by atoms with E-state index in [4.69, 9.17) is 4.74 Å². The minimum atomic E-state index is -1.77. The highest BCUT2D eigenvalue weighted by atomic mass is 16.6. The van der Waals surface area contributed by atoms with Crippen LogP contribution in [0.2, 0.25) is 0 Å². The fourth-order valence-electron chi connectivity index (χ4n) is 1.69. The van der Waals surface area contributed by atoms with E-state index in [-0.39, 0.29) is 11.3 Å². The molecule has 0 unspecified atom stereocenters. The van der Waals surface area contributed by atoms with Crippen molar-refractivity contribution in [1.82, 2.24) is 5.32 Å². The number of aliphatic hydroxyl groups excluding tert-OH is 1. The molecule has 0 saturated carbocycles. The number of hydrogen-bond donors (Lipinski definition) is 2. The SMILES string of the molecule is CC(C)(C)OC(=O)N[C@H](C(=O)[O-])[C@@H](O)c1ccc([N+](=O)[O-])cc1. The van der Waals surface area contributed by atoms with Gasteiger partial charge in [-0.3, -0.25) is 10.1 Å². The molecule has 2 N–H and O–H groups in total. The van der Waals surface area contributed by atoms with E-state index < -0.39 is 34.7 Å². The Kier molecular flexibility index (Phi) is 5.63. The highest BCUT2D eigenvalue weighted by Crippen LogP contribution is 2.20. The van der Waals surface area contributed by atoms with Crippen molar-refractivity contribution in [2.75, 3.05) is 0 Å². The number of aliphatic carboxylic acids is 1. The van der Waals surface area contributed by atoms with Gasteiger partial charge in [0.15, 0.2) is 0 Å². The summed E-state index contributed by atoms with van der Waals surface area (Å²) >= 11 is 0. The second kappa shape index (κ2) is 7.05. The second-order valence-corrected chi connectivity index (χ2v) is 5.74. The molecule has 2 atom stereocenters. The van der Waals surface area contributed by atoms with Crippen molar-refractivity contribution in [3.63, 3.8) is 0 Å². The fourth-order valence-corrected chi connectivity index (χ4v) is 1.69. The molecular weight excluding hydrogens is 308 g/mol. The molecular formula is C14H17N2O7-. The summed E-state index contributed by atoms with van der Waals surface area (Å²) in [6, 6.07) is 2.83. The van der Waals surface area contributed by atoms with Crippen molar-refractivity contribution in [2.45, 2.75) is 38.5 Å². The number of nitro groups is 1. The Balaban J connectivity index is 2.90. The first-order valence-corrected chi connectivity index (χ1v) is 6.64. The number of carboxylic acids is 1. The first-order chi connectivity index (χ1) is 10.5. The molecule has 1 amide bonds. The topological polar surface area (TPSA) is 142 Å². The van der Waals surface area contributed by atoms with Crippen LogP contribution in [0.3, 0.4) is 0 Å². The zero-order valence-corrected chi connectivity index (χ0v) is 12.8. The van der Waals surface area contributed by atoms with Crippen molar-refractivity contribution in [2.24, 2.45) is 0 Å². The Bertz CT molecular complexity index is 592. The molecule has 0 aliphatic carbocycles. The summed E-state index contributed by atoms with van der Waals surface area (Å²) < 4.78 is 4.91. The van der Waals surface area contributed by atoms with E-state index in [1.165, 1.54) is 12.1 Å². The van der Waals surface area contributed by atoms with Gasteiger partial charge in [-0.25, -0.2) is 4.79 Å². The van der Waals surface area contributed by atoms with Crippen LogP contribution >= 0.6 is 0 Å².